The van der Waals surface area contributed by atoms with E-state index in [1.807, 2.05) is 0 Å². The van der Waals surface area contributed by atoms with Crippen molar-refractivity contribution in [3.63, 3.8) is 0 Å². The second-order valence-corrected chi connectivity index (χ2v) is 8.43. The third-order valence-electron chi connectivity index (χ3n) is 4.22. The molecular weight excluding hydrogens is 306 g/mol. The van der Waals surface area contributed by atoms with E-state index in [1.165, 1.54) is 12.8 Å². The molecule has 0 aromatic rings. The lowest BCUT2D eigenvalue weighted by Gasteiger charge is -2.17. The molecule has 0 aliphatic carbocycles. The van der Waals surface area contributed by atoms with Crippen LogP contribution in [-0.4, -0.2) is 19.4 Å². The molecule has 0 amide bonds. The van der Waals surface area contributed by atoms with Crippen molar-refractivity contribution in [3.8, 4) is 0 Å². The first-order chi connectivity index (χ1) is 10.5. The Morgan fingerprint density at radius 1 is 0.682 bits per heavy atom. The predicted molar refractivity (Wildman–Crippen MR) is 90.1 cm³/mol. The van der Waals surface area contributed by atoms with Gasteiger partial charge in [-0.15, -0.1) is 0 Å². The van der Waals surface area contributed by atoms with Gasteiger partial charge < -0.3 is 0 Å². The van der Waals surface area contributed by atoms with Gasteiger partial charge >= 0.3 is 5.76 Å². The van der Waals surface area contributed by atoms with Crippen LogP contribution in [0.15, 0.2) is 0 Å². The van der Waals surface area contributed by atoms with Gasteiger partial charge in [-0.3, -0.25) is 0 Å². The first kappa shape index (κ1) is 21.8. The number of hydrogen-bond donors (Lipinski definition) is 0. The SMILES string of the molecule is CCCCCCCCC(CCCCCCC)S(=O)(=O)C(F)F. The smallest absolute Gasteiger partial charge is 0.223 e. The molecule has 0 heterocycles. The third kappa shape index (κ3) is 9.75. The Kier molecular flexibility index (Phi) is 13.2. The van der Waals surface area contributed by atoms with Gasteiger partial charge in [0.25, 0.3) is 0 Å². The van der Waals surface area contributed by atoms with Crippen LogP contribution in [0.2, 0.25) is 0 Å². The fraction of sp³-hybridized carbons (Fsp3) is 1.00. The summed E-state index contributed by atoms with van der Waals surface area (Å²) in [6, 6.07) is 0. The lowest BCUT2D eigenvalue weighted by Crippen LogP contribution is -2.27. The molecule has 1 unspecified atom stereocenters. The summed E-state index contributed by atoms with van der Waals surface area (Å²) in [5.74, 6) is -3.23. The van der Waals surface area contributed by atoms with Crippen LogP contribution in [0.5, 0.6) is 0 Å². The van der Waals surface area contributed by atoms with E-state index in [-0.39, 0.29) is 0 Å². The fourth-order valence-corrected chi connectivity index (χ4v) is 4.03. The van der Waals surface area contributed by atoms with Gasteiger partial charge in [0.1, 0.15) is 0 Å². The van der Waals surface area contributed by atoms with E-state index in [9.17, 15) is 17.2 Å². The average Bonchev–Trinajstić information content (AvgIpc) is 2.48. The lowest BCUT2D eigenvalue weighted by molar-refractivity contribution is 0.231. The lowest BCUT2D eigenvalue weighted by atomic mass is 10.0. The maximum absolute atomic E-state index is 12.8. The van der Waals surface area contributed by atoms with E-state index in [4.69, 9.17) is 0 Å². The average molecular weight is 341 g/mol. The molecule has 134 valence electrons. The van der Waals surface area contributed by atoms with Crippen molar-refractivity contribution in [1.82, 2.24) is 0 Å². The molecule has 0 spiro atoms. The van der Waals surface area contributed by atoms with Crippen molar-refractivity contribution >= 4 is 9.84 Å². The highest BCUT2D eigenvalue weighted by Crippen LogP contribution is 2.24. The fourth-order valence-electron chi connectivity index (χ4n) is 2.75. The molecule has 0 fully saturated rings. The summed E-state index contributed by atoms with van der Waals surface area (Å²) in [4.78, 5) is 0. The normalized spacial score (nSPS) is 13.7. The Balaban J connectivity index is 4.18. The molecule has 2 nitrogen and oxygen atoms in total. The number of unbranched alkanes of at least 4 members (excludes halogenated alkanes) is 9. The van der Waals surface area contributed by atoms with Crippen LogP contribution in [0.25, 0.3) is 0 Å². The van der Waals surface area contributed by atoms with E-state index in [0.717, 1.165) is 57.8 Å². The van der Waals surface area contributed by atoms with Crippen molar-refractivity contribution < 1.29 is 17.2 Å². The highest BCUT2D eigenvalue weighted by Gasteiger charge is 2.33. The number of halogens is 2. The maximum atomic E-state index is 12.8. The molecule has 0 aromatic heterocycles. The van der Waals surface area contributed by atoms with E-state index in [0.29, 0.717) is 12.8 Å². The van der Waals surface area contributed by atoms with Crippen LogP contribution in [0.4, 0.5) is 8.78 Å². The molecule has 0 aliphatic rings. The molecule has 0 saturated carbocycles. The zero-order chi connectivity index (χ0) is 16.8. The van der Waals surface area contributed by atoms with Gasteiger partial charge in [-0.25, -0.2) is 8.42 Å². The Hall–Kier alpha value is -0.190. The van der Waals surface area contributed by atoms with Gasteiger partial charge in [-0.1, -0.05) is 84.5 Å². The van der Waals surface area contributed by atoms with E-state index in [2.05, 4.69) is 13.8 Å². The Labute approximate surface area is 136 Å². The van der Waals surface area contributed by atoms with Gasteiger partial charge in [0.05, 0.1) is 5.25 Å². The first-order valence-electron chi connectivity index (χ1n) is 8.97. The van der Waals surface area contributed by atoms with Crippen molar-refractivity contribution in [2.75, 3.05) is 0 Å². The van der Waals surface area contributed by atoms with Crippen LogP contribution in [0, 0.1) is 0 Å². The zero-order valence-electron chi connectivity index (χ0n) is 14.3. The minimum absolute atomic E-state index is 0.394. The van der Waals surface area contributed by atoms with Crippen molar-refractivity contribution in [2.24, 2.45) is 0 Å². The van der Waals surface area contributed by atoms with Crippen molar-refractivity contribution in [3.05, 3.63) is 0 Å². The number of rotatable bonds is 15. The van der Waals surface area contributed by atoms with Gasteiger partial charge in [0.15, 0.2) is 0 Å². The van der Waals surface area contributed by atoms with Gasteiger partial charge in [0.2, 0.25) is 9.84 Å². The van der Waals surface area contributed by atoms with Crippen LogP contribution in [-0.2, 0) is 9.84 Å². The van der Waals surface area contributed by atoms with Crippen LogP contribution in [0.3, 0.4) is 0 Å². The van der Waals surface area contributed by atoms with Crippen molar-refractivity contribution in [2.45, 2.75) is 108 Å². The first-order valence-corrected chi connectivity index (χ1v) is 10.6. The summed E-state index contributed by atoms with van der Waals surface area (Å²) < 4.78 is 49.1. The van der Waals surface area contributed by atoms with E-state index in [1.54, 1.807) is 0 Å². The minimum Gasteiger partial charge on any atom is -0.223 e. The highest BCUT2D eigenvalue weighted by atomic mass is 32.2. The Morgan fingerprint density at radius 2 is 1.05 bits per heavy atom. The summed E-state index contributed by atoms with van der Waals surface area (Å²) in [6.45, 7) is 4.26. The number of sulfone groups is 1. The molecule has 0 N–H and O–H groups in total. The van der Waals surface area contributed by atoms with Crippen LogP contribution in [0.1, 0.15) is 97.3 Å². The minimum atomic E-state index is -4.26. The third-order valence-corrected chi connectivity index (χ3v) is 6.12. The number of hydrogen-bond acceptors (Lipinski definition) is 2. The maximum Gasteiger partial charge on any atom is 0.337 e. The number of alkyl halides is 2. The summed E-state index contributed by atoms with van der Waals surface area (Å²) in [5, 5.41) is -0.847. The molecule has 0 radical (unpaired) electrons. The van der Waals surface area contributed by atoms with Gasteiger partial charge in [0, 0.05) is 0 Å². The summed E-state index contributed by atoms with van der Waals surface area (Å²) >= 11 is 0. The second-order valence-electron chi connectivity index (χ2n) is 6.23. The molecule has 0 bridgehead atoms. The summed E-state index contributed by atoms with van der Waals surface area (Å²) in [6.07, 6.45) is 12.1. The van der Waals surface area contributed by atoms with Gasteiger partial charge in [-0.2, -0.15) is 8.78 Å². The Bertz CT molecular complexity index is 343. The standard InChI is InChI=1S/C17H34F2O2S/c1-3-5-7-9-11-13-15-16(22(20,21)17(18)19)14-12-10-8-6-4-2/h16-17H,3-15H2,1-2H3. The molecule has 22 heavy (non-hydrogen) atoms. The Morgan fingerprint density at radius 3 is 1.41 bits per heavy atom. The molecule has 0 aromatic carbocycles. The van der Waals surface area contributed by atoms with E-state index < -0.39 is 20.8 Å². The molecule has 1 atom stereocenters. The summed E-state index contributed by atoms with van der Waals surface area (Å²) in [5.41, 5.74) is 0. The van der Waals surface area contributed by atoms with E-state index >= 15 is 0 Å². The topological polar surface area (TPSA) is 34.1 Å². The van der Waals surface area contributed by atoms with Gasteiger partial charge in [-0.05, 0) is 12.8 Å². The second kappa shape index (κ2) is 13.3. The van der Waals surface area contributed by atoms with Crippen LogP contribution < -0.4 is 0 Å². The zero-order valence-corrected chi connectivity index (χ0v) is 15.1. The molecule has 5 heteroatoms. The quantitative estimate of drug-likeness (QED) is 0.337. The predicted octanol–water partition coefficient (Wildman–Crippen LogP) is 6.10. The molecule has 0 saturated heterocycles. The summed E-state index contributed by atoms with van der Waals surface area (Å²) in [7, 11) is -4.26. The van der Waals surface area contributed by atoms with Crippen molar-refractivity contribution in [1.29, 1.82) is 0 Å². The molecule has 0 rings (SSSR count). The highest BCUT2D eigenvalue weighted by molar-refractivity contribution is 7.92. The van der Waals surface area contributed by atoms with Crippen LogP contribution >= 0.6 is 0 Å². The molecule has 0 aliphatic heterocycles. The monoisotopic (exact) mass is 340 g/mol. The largest absolute Gasteiger partial charge is 0.337 e. The molecular formula is C17H34F2O2S.